The summed E-state index contributed by atoms with van der Waals surface area (Å²) in [6.45, 7) is 2.50. The maximum absolute atomic E-state index is 10.9. The number of hydrogen-bond acceptors (Lipinski definition) is 4. The number of rotatable bonds is 5. The quantitative estimate of drug-likeness (QED) is 0.899. The Bertz CT molecular complexity index is 525. The Labute approximate surface area is 110 Å². The average molecular weight is 262 g/mol. The van der Waals surface area contributed by atoms with Crippen LogP contribution in [0.3, 0.4) is 0 Å². The Hall–Kier alpha value is -1.88. The van der Waals surface area contributed by atoms with E-state index in [-0.39, 0.29) is 6.54 Å². The lowest BCUT2D eigenvalue weighted by molar-refractivity contribution is -0.135. The van der Waals surface area contributed by atoms with Gasteiger partial charge in [-0.2, -0.15) is 0 Å². The Kier molecular flexibility index (Phi) is 3.94. The molecule has 94 valence electrons. The van der Waals surface area contributed by atoms with E-state index < -0.39 is 5.97 Å². The lowest BCUT2D eigenvalue weighted by Gasteiger charge is -2.21. The molecule has 0 saturated carbocycles. The number of anilines is 1. The minimum absolute atomic E-state index is 0.0129. The van der Waals surface area contributed by atoms with Crippen LogP contribution in [0.25, 0.3) is 0 Å². The average Bonchev–Trinajstić information content (AvgIpc) is 2.75. The zero-order valence-electron chi connectivity index (χ0n) is 10.0. The number of aliphatic carboxylic acids is 1. The minimum atomic E-state index is -0.833. The van der Waals surface area contributed by atoms with Crippen LogP contribution in [0.15, 0.2) is 36.5 Å². The van der Waals surface area contributed by atoms with Crippen molar-refractivity contribution in [3.63, 3.8) is 0 Å². The van der Waals surface area contributed by atoms with Gasteiger partial charge in [0, 0.05) is 16.8 Å². The molecule has 0 bridgehead atoms. The molecule has 1 heterocycles. The standard InChI is InChI=1S/C13H14N2O2S/c1-10-14-7-12(18-10)8-15(9-13(16)17)11-5-3-2-4-6-11/h2-7H,8-9H2,1H3,(H,16,17). The molecule has 0 radical (unpaired) electrons. The fourth-order valence-corrected chi connectivity index (χ4v) is 2.52. The number of aromatic nitrogens is 1. The van der Waals surface area contributed by atoms with Crippen molar-refractivity contribution in [2.45, 2.75) is 13.5 Å². The highest BCUT2D eigenvalue weighted by Crippen LogP contribution is 2.19. The van der Waals surface area contributed by atoms with Gasteiger partial charge >= 0.3 is 5.97 Å². The van der Waals surface area contributed by atoms with Gasteiger partial charge in [-0.25, -0.2) is 4.98 Å². The number of nitrogens with zero attached hydrogens (tertiary/aromatic N) is 2. The maximum atomic E-state index is 10.9. The number of carboxylic acid groups (broad SMARTS) is 1. The van der Waals surface area contributed by atoms with E-state index in [0.717, 1.165) is 15.6 Å². The molecule has 2 aromatic rings. The van der Waals surface area contributed by atoms with E-state index >= 15 is 0 Å². The molecule has 0 aliphatic rings. The van der Waals surface area contributed by atoms with Crippen molar-refractivity contribution in [1.29, 1.82) is 0 Å². The summed E-state index contributed by atoms with van der Waals surface area (Å²) in [5, 5.41) is 9.97. The zero-order chi connectivity index (χ0) is 13.0. The Morgan fingerprint density at radius 1 is 1.39 bits per heavy atom. The van der Waals surface area contributed by atoms with Crippen LogP contribution in [0, 0.1) is 6.92 Å². The Morgan fingerprint density at radius 3 is 2.67 bits per heavy atom. The van der Waals surface area contributed by atoms with Gasteiger partial charge in [-0.05, 0) is 19.1 Å². The molecule has 2 rings (SSSR count). The van der Waals surface area contributed by atoms with E-state index in [1.807, 2.05) is 42.2 Å². The number of carbonyl (C=O) groups is 1. The molecule has 0 aliphatic carbocycles. The highest BCUT2D eigenvalue weighted by Gasteiger charge is 2.12. The minimum Gasteiger partial charge on any atom is -0.480 e. The first-order chi connectivity index (χ1) is 8.65. The van der Waals surface area contributed by atoms with E-state index in [0.29, 0.717) is 6.54 Å². The van der Waals surface area contributed by atoms with Crippen LogP contribution < -0.4 is 4.90 Å². The van der Waals surface area contributed by atoms with Crippen molar-refractivity contribution in [3.05, 3.63) is 46.4 Å². The van der Waals surface area contributed by atoms with Crippen LogP contribution in [0.5, 0.6) is 0 Å². The molecular weight excluding hydrogens is 248 g/mol. The molecular formula is C13H14N2O2S. The molecule has 18 heavy (non-hydrogen) atoms. The lowest BCUT2D eigenvalue weighted by Crippen LogP contribution is -2.28. The first-order valence-corrected chi connectivity index (χ1v) is 6.40. The van der Waals surface area contributed by atoms with Crippen molar-refractivity contribution in [1.82, 2.24) is 4.98 Å². The molecule has 4 nitrogen and oxygen atoms in total. The van der Waals surface area contributed by atoms with Crippen molar-refractivity contribution < 1.29 is 9.90 Å². The number of carboxylic acids is 1. The van der Waals surface area contributed by atoms with Gasteiger partial charge in [0.2, 0.25) is 0 Å². The lowest BCUT2D eigenvalue weighted by atomic mass is 10.3. The zero-order valence-corrected chi connectivity index (χ0v) is 10.9. The summed E-state index contributed by atoms with van der Waals surface area (Å²) in [6.07, 6.45) is 1.80. The van der Waals surface area contributed by atoms with Crippen LogP contribution in [-0.4, -0.2) is 22.6 Å². The predicted molar refractivity (Wildman–Crippen MR) is 72.0 cm³/mol. The molecule has 1 aromatic carbocycles. The summed E-state index contributed by atoms with van der Waals surface area (Å²) < 4.78 is 0. The summed E-state index contributed by atoms with van der Waals surface area (Å²) in [7, 11) is 0. The number of benzene rings is 1. The molecule has 0 saturated heterocycles. The maximum Gasteiger partial charge on any atom is 0.323 e. The SMILES string of the molecule is Cc1ncc(CN(CC(=O)O)c2ccccc2)s1. The number of para-hydroxylation sites is 1. The van der Waals surface area contributed by atoms with Crippen LogP contribution in [0.4, 0.5) is 5.69 Å². The van der Waals surface area contributed by atoms with Gasteiger partial charge in [-0.15, -0.1) is 11.3 Å². The Morgan fingerprint density at radius 2 is 2.11 bits per heavy atom. The van der Waals surface area contributed by atoms with Gasteiger partial charge in [-0.1, -0.05) is 18.2 Å². The van der Waals surface area contributed by atoms with Gasteiger partial charge in [0.15, 0.2) is 0 Å². The van der Waals surface area contributed by atoms with Gasteiger partial charge in [0.05, 0.1) is 11.6 Å². The van der Waals surface area contributed by atoms with Gasteiger partial charge in [0.1, 0.15) is 6.54 Å². The third kappa shape index (κ3) is 3.30. The molecule has 0 amide bonds. The third-order valence-electron chi connectivity index (χ3n) is 2.46. The van der Waals surface area contributed by atoms with E-state index in [1.54, 1.807) is 17.5 Å². The fourth-order valence-electron chi connectivity index (χ4n) is 1.71. The summed E-state index contributed by atoms with van der Waals surface area (Å²) in [6, 6.07) is 9.55. The molecule has 0 aliphatic heterocycles. The van der Waals surface area contributed by atoms with Crippen LogP contribution in [0.2, 0.25) is 0 Å². The highest BCUT2D eigenvalue weighted by molar-refractivity contribution is 7.11. The monoisotopic (exact) mass is 262 g/mol. The summed E-state index contributed by atoms with van der Waals surface area (Å²) in [5.41, 5.74) is 0.908. The molecule has 0 spiro atoms. The molecule has 5 heteroatoms. The second-order valence-corrected chi connectivity index (χ2v) is 5.25. The first-order valence-electron chi connectivity index (χ1n) is 5.58. The fraction of sp³-hybridized carbons (Fsp3) is 0.231. The van der Waals surface area contributed by atoms with Crippen molar-refractivity contribution in [2.24, 2.45) is 0 Å². The molecule has 0 atom stereocenters. The van der Waals surface area contributed by atoms with Crippen LogP contribution in [0.1, 0.15) is 9.88 Å². The molecule has 1 aromatic heterocycles. The van der Waals surface area contributed by atoms with Gasteiger partial charge in [-0.3, -0.25) is 4.79 Å². The highest BCUT2D eigenvalue weighted by atomic mass is 32.1. The van der Waals surface area contributed by atoms with Crippen molar-refractivity contribution in [3.8, 4) is 0 Å². The van der Waals surface area contributed by atoms with E-state index in [1.165, 1.54) is 0 Å². The second kappa shape index (κ2) is 5.64. The predicted octanol–water partition coefficient (Wildman–Crippen LogP) is 2.54. The smallest absolute Gasteiger partial charge is 0.323 e. The van der Waals surface area contributed by atoms with E-state index in [2.05, 4.69) is 4.98 Å². The third-order valence-corrected chi connectivity index (χ3v) is 3.36. The van der Waals surface area contributed by atoms with E-state index in [9.17, 15) is 4.79 Å². The number of thiazole rings is 1. The van der Waals surface area contributed by atoms with Crippen LogP contribution in [-0.2, 0) is 11.3 Å². The number of aryl methyl sites for hydroxylation is 1. The Balaban J connectivity index is 2.18. The topological polar surface area (TPSA) is 53.4 Å². The van der Waals surface area contributed by atoms with Crippen molar-refractivity contribution >= 4 is 23.0 Å². The van der Waals surface area contributed by atoms with Gasteiger partial charge < -0.3 is 10.0 Å². The molecule has 0 unspecified atom stereocenters. The first kappa shape index (κ1) is 12.6. The molecule has 0 fully saturated rings. The summed E-state index contributed by atoms with van der Waals surface area (Å²) in [5.74, 6) is -0.833. The molecule has 1 N–H and O–H groups in total. The van der Waals surface area contributed by atoms with Gasteiger partial charge in [0.25, 0.3) is 0 Å². The number of hydrogen-bond donors (Lipinski definition) is 1. The largest absolute Gasteiger partial charge is 0.480 e. The summed E-state index contributed by atoms with van der Waals surface area (Å²) >= 11 is 1.59. The normalized spacial score (nSPS) is 10.3. The summed E-state index contributed by atoms with van der Waals surface area (Å²) in [4.78, 5) is 18.0. The van der Waals surface area contributed by atoms with Crippen LogP contribution >= 0.6 is 11.3 Å². The second-order valence-electron chi connectivity index (χ2n) is 3.93. The van der Waals surface area contributed by atoms with Crippen molar-refractivity contribution in [2.75, 3.05) is 11.4 Å². The van der Waals surface area contributed by atoms with E-state index in [4.69, 9.17) is 5.11 Å².